The minimum atomic E-state index is -0.257. The molecule has 0 radical (unpaired) electrons. The molecule has 4 rings (SSSR count). The Morgan fingerprint density at radius 1 is 0.941 bits per heavy atom. The van der Waals surface area contributed by atoms with E-state index < -0.39 is 0 Å². The van der Waals surface area contributed by atoms with Crippen molar-refractivity contribution in [1.29, 1.82) is 0 Å². The second-order valence-corrected chi connectivity index (χ2v) is 8.73. The van der Waals surface area contributed by atoms with Crippen LogP contribution in [-0.2, 0) is 26.2 Å². The van der Waals surface area contributed by atoms with E-state index >= 15 is 0 Å². The smallest absolute Gasteiger partial charge is 0.271 e. The lowest BCUT2D eigenvalue weighted by molar-refractivity contribution is 0.0946. The number of benzene rings is 2. The Hall–Kier alpha value is -3.62. The fourth-order valence-electron chi connectivity index (χ4n) is 3.46. The number of thiazole rings is 1. The monoisotopic (exact) mass is 476 g/mol. The van der Waals surface area contributed by atoms with Gasteiger partial charge in [0.1, 0.15) is 22.3 Å². The molecule has 0 saturated heterocycles. The summed E-state index contributed by atoms with van der Waals surface area (Å²) in [6, 6.07) is 18.1. The summed E-state index contributed by atoms with van der Waals surface area (Å²) in [5.74, 6) is 0.337. The number of nitrogens with one attached hydrogen (secondary N) is 1. The van der Waals surface area contributed by atoms with Crippen LogP contribution >= 0.6 is 11.3 Å². The number of aromatic nitrogens is 2. The number of carbonyl (C=O) groups excluding carboxylic acids is 1. The highest BCUT2D eigenvalue weighted by Crippen LogP contribution is 2.19. The molecule has 0 atom stereocenters. The van der Waals surface area contributed by atoms with Crippen LogP contribution in [0.1, 0.15) is 32.2 Å². The van der Waals surface area contributed by atoms with Crippen LogP contribution in [0.15, 0.2) is 78.4 Å². The zero-order valence-electron chi connectivity index (χ0n) is 18.8. The molecule has 4 aromatic rings. The Labute approximate surface area is 202 Å². The molecule has 1 amide bonds. The molecule has 6 nitrogen and oxygen atoms in total. The molecule has 0 unspecified atom stereocenters. The highest BCUT2D eigenvalue weighted by atomic mass is 32.1. The third-order valence-corrected chi connectivity index (χ3v) is 6.06. The SMILES string of the molecule is COc1ccc(CN(Cc2ccc(F)cc2)Cc2nc(C(=O)NCc3ccncc3)cs2)cc1. The Morgan fingerprint density at radius 3 is 2.24 bits per heavy atom. The van der Waals surface area contributed by atoms with Gasteiger partial charge >= 0.3 is 0 Å². The lowest BCUT2D eigenvalue weighted by Gasteiger charge is -2.21. The third-order valence-electron chi connectivity index (χ3n) is 5.23. The number of hydrogen-bond donors (Lipinski definition) is 1. The van der Waals surface area contributed by atoms with Crippen LogP contribution in [-0.4, -0.2) is 27.9 Å². The van der Waals surface area contributed by atoms with Gasteiger partial charge in [0.15, 0.2) is 0 Å². The van der Waals surface area contributed by atoms with Crippen LogP contribution < -0.4 is 10.1 Å². The number of hydrogen-bond acceptors (Lipinski definition) is 6. The van der Waals surface area contributed by atoms with E-state index in [9.17, 15) is 9.18 Å². The van der Waals surface area contributed by atoms with Gasteiger partial charge in [-0.15, -0.1) is 11.3 Å². The van der Waals surface area contributed by atoms with Crippen LogP contribution in [0, 0.1) is 5.82 Å². The number of ether oxygens (including phenoxy) is 1. The molecule has 0 aliphatic carbocycles. The van der Waals surface area contributed by atoms with E-state index in [-0.39, 0.29) is 11.7 Å². The number of nitrogens with zero attached hydrogens (tertiary/aromatic N) is 3. The fraction of sp³-hybridized carbons (Fsp3) is 0.192. The number of methoxy groups -OCH3 is 1. The molecule has 1 N–H and O–H groups in total. The zero-order chi connectivity index (χ0) is 23.8. The van der Waals surface area contributed by atoms with Crippen LogP contribution in [0.5, 0.6) is 5.75 Å². The van der Waals surface area contributed by atoms with Crippen LogP contribution in [0.2, 0.25) is 0 Å². The maximum atomic E-state index is 13.4. The van der Waals surface area contributed by atoms with Gasteiger partial charge < -0.3 is 10.1 Å². The Kier molecular flexibility index (Phi) is 7.95. The molecule has 2 heterocycles. The van der Waals surface area contributed by atoms with Crippen molar-refractivity contribution < 1.29 is 13.9 Å². The highest BCUT2D eigenvalue weighted by molar-refractivity contribution is 7.09. The van der Waals surface area contributed by atoms with Crippen molar-refractivity contribution in [2.24, 2.45) is 0 Å². The van der Waals surface area contributed by atoms with Crippen LogP contribution in [0.25, 0.3) is 0 Å². The summed E-state index contributed by atoms with van der Waals surface area (Å²) in [5.41, 5.74) is 3.50. The summed E-state index contributed by atoms with van der Waals surface area (Å²) in [7, 11) is 1.64. The molecule has 0 fully saturated rings. The zero-order valence-corrected chi connectivity index (χ0v) is 19.6. The van der Waals surface area contributed by atoms with Gasteiger partial charge in [0.05, 0.1) is 13.7 Å². The van der Waals surface area contributed by atoms with Gasteiger partial charge in [-0.3, -0.25) is 14.7 Å². The molecule has 0 spiro atoms. The first-order chi connectivity index (χ1) is 16.6. The number of pyridine rings is 1. The van der Waals surface area contributed by atoms with Crippen molar-refractivity contribution in [3.05, 3.63) is 112 Å². The topological polar surface area (TPSA) is 67.3 Å². The average molecular weight is 477 g/mol. The molecular weight excluding hydrogens is 451 g/mol. The number of carbonyl (C=O) groups is 1. The molecule has 2 aromatic carbocycles. The average Bonchev–Trinajstić information content (AvgIpc) is 3.33. The summed E-state index contributed by atoms with van der Waals surface area (Å²) in [5, 5.41) is 5.51. The van der Waals surface area contributed by atoms with Gasteiger partial charge in [0, 0.05) is 37.4 Å². The van der Waals surface area contributed by atoms with E-state index in [0.29, 0.717) is 31.9 Å². The quantitative estimate of drug-likeness (QED) is 0.356. The van der Waals surface area contributed by atoms with Crippen molar-refractivity contribution in [3.8, 4) is 5.75 Å². The van der Waals surface area contributed by atoms with Gasteiger partial charge in [-0.25, -0.2) is 9.37 Å². The van der Waals surface area contributed by atoms with E-state index in [0.717, 1.165) is 27.4 Å². The molecule has 2 aromatic heterocycles. The Bertz CT molecular complexity index is 1200. The summed E-state index contributed by atoms with van der Waals surface area (Å²) in [6.07, 6.45) is 3.39. The van der Waals surface area contributed by atoms with E-state index in [1.807, 2.05) is 36.4 Å². The third kappa shape index (κ3) is 6.69. The van der Waals surface area contributed by atoms with Crippen molar-refractivity contribution in [2.75, 3.05) is 7.11 Å². The summed E-state index contributed by atoms with van der Waals surface area (Å²) in [6.45, 7) is 2.27. The minimum Gasteiger partial charge on any atom is -0.497 e. The van der Waals surface area contributed by atoms with Crippen molar-refractivity contribution in [2.45, 2.75) is 26.2 Å². The van der Waals surface area contributed by atoms with E-state index in [4.69, 9.17) is 4.74 Å². The van der Waals surface area contributed by atoms with Gasteiger partial charge in [-0.2, -0.15) is 0 Å². The second kappa shape index (κ2) is 11.5. The molecule has 0 aliphatic heterocycles. The number of amides is 1. The first kappa shape index (κ1) is 23.5. The predicted octanol–water partition coefficient (Wildman–Crippen LogP) is 4.82. The van der Waals surface area contributed by atoms with Crippen LogP contribution in [0.4, 0.5) is 4.39 Å². The van der Waals surface area contributed by atoms with Gasteiger partial charge in [-0.1, -0.05) is 24.3 Å². The molecule has 34 heavy (non-hydrogen) atoms. The largest absolute Gasteiger partial charge is 0.497 e. The van der Waals surface area contributed by atoms with Gasteiger partial charge in [0.2, 0.25) is 0 Å². The molecule has 0 aliphatic rings. The maximum Gasteiger partial charge on any atom is 0.271 e. The standard InChI is InChI=1S/C26H25FN4O2S/c1-33-23-8-4-21(5-9-23)16-31(15-20-2-6-22(27)7-3-20)17-25-30-24(18-34-25)26(32)29-14-19-10-12-28-13-11-19/h2-13,18H,14-17H2,1H3,(H,29,32). The van der Waals surface area contributed by atoms with E-state index in [1.165, 1.54) is 23.5 Å². The number of halogens is 1. The fourth-order valence-corrected chi connectivity index (χ4v) is 4.27. The van der Waals surface area contributed by atoms with Crippen molar-refractivity contribution in [3.63, 3.8) is 0 Å². The van der Waals surface area contributed by atoms with E-state index in [2.05, 4.69) is 20.2 Å². The normalized spacial score (nSPS) is 10.9. The predicted molar refractivity (Wildman–Crippen MR) is 130 cm³/mol. The highest BCUT2D eigenvalue weighted by Gasteiger charge is 2.15. The maximum absolute atomic E-state index is 13.4. The molecule has 0 saturated carbocycles. The molecule has 174 valence electrons. The first-order valence-corrected chi connectivity index (χ1v) is 11.7. The summed E-state index contributed by atoms with van der Waals surface area (Å²) < 4.78 is 18.6. The Morgan fingerprint density at radius 2 is 1.59 bits per heavy atom. The lowest BCUT2D eigenvalue weighted by atomic mass is 10.1. The van der Waals surface area contributed by atoms with Crippen molar-refractivity contribution >= 4 is 17.2 Å². The second-order valence-electron chi connectivity index (χ2n) is 7.78. The number of rotatable bonds is 10. The molecule has 0 bridgehead atoms. The molecular formula is C26H25FN4O2S. The van der Waals surface area contributed by atoms with E-state index in [1.54, 1.807) is 37.0 Å². The molecule has 8 heteroatoms. The Balaban J connectivity index is 1.43. The van der Waals surface area contributed by atoms with Crippen molar-refractivity contribution in [1.82, 2.24) is 20.2 Å². The minimum absolute atomic E-state index is 0.209. The summed E-state index contributed by atoms with van der Waals surface area (Å²) >= 11 is 1.45. The van der Waals surface area contributed by atoms with Gasteiger partial charge in [0.25, 0.3) is 5.91 Å². The lowest BCUT2D eigenvalue weighted by Crippen LogP contribution is -2.24. The summed E-state index contributed by atoms with van der Waals surface area (Å²) in [4.78, 5) is 23.3. The van der Waals surface area contributed by atoms with Crippen LogP contribution in [0.3, 0.4) is 0 Å². The van der Waals surface area contributed by atoms with Gasteiger partial charge in [-0.05, 0) is 53.1 Å². The first-order valence-electron chi connectivity index (χ1n) is 10.8.